The van der Waals surface area contributed by atoms with E-state index in [0.717, 1.165) is 0 Å². The maximum absolute atomic E-state index is 12.8. The Labute approximate surface area is 132 Å². The van der Waals surface area contributed by atoms with E-state index in [1.54, 1.807) is 32.9 Å². The van der Waals surface area contributed by atoms with Crippen LogP contribution < -0.4 is 5.73 Å². The van der Waals surface area contributed by atoms with Gasteiger partial charge in [-0.25, -0.2) is 0 Å². The minimum absolute atomic E-state index is 0.253. The van der Waals surface area contributed by atoms with Crippen molar-refractivity contribution in [3.63, 3.8) is 0 Å². The maximum Gasteiger partial charge on any atom is 0.391 e. The zero-order chi connectivity index (χ0) is 17.2. The van der Waals surface area contributed by atoms with E-state index >= 15 is 0 Å². The Kier molecular flexibility index (Phi) is 5.51. The highest BCUT2D eigenvalue weighted by Gasteiger charge is 2.47. The van der Waals surface area contributed by atoms with Crippen LogP contribution in [0.25, 0.3) is 0 Å². The van der Waals surface area contributed by atoms with Crippen LogP contribution in [0.15, 0.2) is 24.3 Å². The van der Waals surface area contributed by atoms with Gasteiger partial charge >= 0.3 is 12.1 Å². The molecule has 22 heavy (non-hydrogen) atoms. The fourth-order valence-corrected chi connectivity index (χ4v) is 2.13. The smallest absolute Gasteiger partial charge is 0.391 e. The molecule has 1 rings (SSSR count). The third kappa shape index (κ3) is 5.85. The highest BCUT2D eigenvalue weighted by molar-refractivity contribution is 6.31. The summed E-state index contributed by atoms with van der Waals surface area (Å²) in [5.74, 6) is -1.10. The van der Waals surface area contributed by atoms with E-state index in [1.165, 1.54) is 12.1 Å². The van der Waals surface area contributed by atoms with Crippen LogP contribution in [-0.4, -0.2) is 23.3 Å². The number of esters is 1. The molecular weight excluding hydrogens is 319 g/mol. The predicted molar refractivity (Wildman–Crippen MR) is 78.6 cm³/mol. The molecule has 1 aromatic rings. The first-order chi connectivity index (χ1) is 9.82. The molecule has 0 aliphatic rings. The molecule has 0 unspecified atom stereocenters. The van der Waals surface area contributed by atoms with Crippen molar-refractivity contribution in [2.24, 2.45) is 5.73 Å². The number of halogens is 4. The molecule has 0 saturated heterocycles. The van der Waals surface area contributed by atoms with Gasteiger partial charge in [-0.1, -0.05) is 29.8 Å². The van der Waals surface area contributed by atoms with Gasteiger partial charge in [0.15, 0.2) is 0 Å². The lowest BCUT2D eigenvalue weighted by molar-refractivity contribution is -0.179. The van der Waals surface area contributed by atoms with Crippen LogP contribution in [-0.2, 0) is 16.0 Å². The zero-order valence-electron chi connectivity index (χ0n) is 12.6. The topological polar surface area (TPSA) is 52.3 Å². The van der Waals surface area contributed by atoms with Gasteiger partial charge in [-0.2, -0.15) is 13.2 Å². The summed E-state index contributed by atoms with van der Waals surface area (Å²) < 4.78 is 43.5. The normalized spacial score (nSPS) is 15.3. The largest absolute Gasteiger partial charge is 0.459 e. The Balaban J connectivity index is 3.12. The molecule has 124 valence electrons. The van der Waals surface area contributed by atoms with E-state index in [4.69, 9.17) is 22.1 Å². The van der Waals surface area contributed by atoms with Crippen molar-refractivity contribution in [3.05, 3.63) is 34.9 Å². The monoisotopic (exact) mass is 337 g/mol. The first kappa shape index (κ1) is 18.8. The second kappa shape index (κ2) is 6.46. The summed E-state index contributed by atoms with van der Waals surface area (Å²) in [5, 5.41) is 0.253. The van der Waals surface area contributed by atoms with Crippen molar-refractivity contribution in [3.8, 4) is 0 Å². The van der Waals surface area contributed by atoms with Gasteiger partial charge in [-0.05, 0) is 32.4 Å². The average molecular weight is 338 g/mol. The van der Waals surface area contributed by atoms with E-state index in [2.05, 4.69) is 0 Å². The number of nitrogens with two attached hydrogens (primary N) is 1. The summed E-state index contributed by atoms with van der Waals surface area (Å²) in [6.07, 6.45) is -6.45. The molecule has 0 bridgehead atoms. The fraction of sp³-hybridized carbons (Fsp3) is 0.533. The van der Waals surface area contributed by atoms with Crippen molar-refractivity contribution >= 4 is 17.6 Å². The molecule has 0 aromatic heterocycles. The summed E-state index contributed by atoms with van der Waals surface area (Å²) in [5.41, 5.74) is 2.98. The molecule has 0 radical (unpaired) electrons. The predicted octanol–water partition coefficient (Wildman–Crippen LogP) is 3.87. The Morgan fingerprint density at radius 3 is 2.23 bits per heavy atom. The molecule has 0 aliphatic carbocycles. The molecule has 0 aliphatic heterocycles. The third-order valence-electron chi connectivity index (χ3n) is 2.79. The van der Waals surface area contributed by atoms with Gasteiger partial charge in [-0.15, -0.1) is 0 Å². The van der Waals surface area contributed by atoms with E-state index < -0.39 is 29.7 Å². The van der Waals surface area contributed by atoms with Crippen molar-refractivity contribution in [1.82, 2.24) is 0 Å². The first-order valence-electron chi connectivity index (χ1n) is 6.65. The zero-order valence-corrected chi connectivity index (χ0v) is 13.4. The minimum Gasteiger partial charge on any atom is -0.459 e. The molecule has 0 fully saturated rings. The van der Waals surface area contributed by atoms with Crippen LogP contribution in [0.5, 0.6) is 0 Å². The number of hydrogen-bond acceptors (Lipinski definition) is 3. The number of ether oxygens (including phenoxy) is 1. The molecule has 1 aromatic carbocycles. The van der Waals surface area contributed by atoms with Crippen LogP contribution in [0.1, 0.15) is 32.8 Å². The van der Waals surface area contributed by atoms with E-state index in [-0.39, 0.29) is 11.4 Å². The Morgan fingerprint density at radius 1 is 1.23 bits per heavy atom. The molecule has 2 N–H and O–H groups in total. The lowest BCUT2D eigenvalue weighted by Gasteiger charge is -2.32. The number of benzene rings is 1. The van der Waals surface area contributed by atoms with E-state index in [1.807, 2.05) is 0 Å². The van der Waals surface area contributed by atoms with Crippen LogP contribution in [0.3, 0.4) is 0 Å². The summed E-state index contributed by atoms with van der Waals surface area (Å²) in [4.78, 5) is 12.2. The van der Waals surface area contributed by atoms with Gasteiger partial charge in [0.25, 0.3) is 0 Å². The summed E-state index contributed by atoms with van der Waals surface area (Å²) in [6.45, 7) is 4.69. The number of carbonyl (C=O) groups is 1. The van der Waals surface area contributed by atoms with Gasteiger partial charge in [0, 0.05) is 11.4 Å². The number of alkyl halides is 3. The van der Waals surface area contributed by atoms with E-state index in [9.17, 15) is 18.0 Å². The maximum atomic E-state index is 12.8. The lowest BCUT2D eigenvalue weighted by atomic mass is 9.88. The molecule has 0 amide bonds. The Hall–Kier alpha value is -1.27. The Bertz CT molecular complexity index is 540. The highest BCUT2D eigenvalue weighted by Crippen LogP contribution is 2.32. The van der Waals surface area contributed by atoms with Crippen LogP contribution in [0.2, 0.25) is 5.02 Å². The summed E-state index contributed by atoms with van der Waals surface area (Å²) >= 11 is 5.95. The van der Waals surface area contributed by atoms with Crippen molar-refractivity contribution in [2.75, 3.05) is 0 Å². The second-order valence-electron chi connectivity index (χ2n) is 6.22. The molecule has 7 heteroatoms. The molecule has 0 saturated carbocycles. The molecule has 1 atom stereocenters. The van der Waals surface area contributed by atoms with E-state index in [0.29, 0.717) is 5.56 Å². The lowest BCUT2D eigenvalue weighted by Crippen LogP contribution is -2.55. The molecule has 3 nitrogen and oxygen atoms in total. The highest BCUT2D eigenvalue weighted by atomic mass is 35.5. The molecule has 0 spiro atoms. The number of rotatable bonds is 4. The van der Waals surface area contributed by atoms with Gasteiger partial charge < -0.3 is 10.5 Å². The molecular formula is C15H19ClF3NO2. The second-order valence-corrected chi connectivity index (χ2v) is 6.63. The fourth-order valence-electron chi connectivity index (χ4n) is 1.93. The van der Waals surface area contributed by atoms with Crippen LogP contribution in [0.4, 0.5) is 13.2 Å². The summed E-state index contributed by atoms with van der Waals surface area (Å²) in [6, 6.07) is 6.32. The molecule has 0 heterocycles. The summed E-state index contributed by atoms with van der Waals surface area (Å²) in [7, 11) is 0. The first-order valence-corrected chi connectivity index (χ1v) is 7.03. The van der Waals surface area contributed by atoms with Crippen molar-refractivity contribution in [1.29, 1.82) is 0 Å². The van der Waals surface area contributed by atoms with Crippen molar-refractivity contribution in [2.45, 2.75) is 50.9 Å². The minimum atomic E-state index is -4.60. The quantitative estimate of drug-likeness (QED) is 0.848. The average Bonchev–Trinajstić information content (AvgIpc) is 2.27. The van der Waals surface area contributed by atoms with Crippen LogP contribution in [0, 0.1) is 0 Å². The van der Waals surface area contributed by atoms with Crippen LogP contribution >= 0.6 is 11.6 Å². The number of hydrogen-bond donors (Lipinski definition) is 1. The standard InChI is InChI=1S/C15H19ClF3NO2/c1-13(2,3)22-12(21)14(20,9-15(17,18)19)8-10-6-4-5-7-11(10)16/h4-7H,8-9,20H2,1-3H3/t14-/m0/s1. The Morgan fingerprint density at radius 2 is 1.77 bits per heavy atom. The SMILES string of the molecule is CC(C)(C)OC(=O)[C@](N)(Cc1ccccc1Cl)CC(F)(F)F. The number of carbonyl (C=O) groups excluding carboxylic acids is 1. The third-order valence-corrected chi connectivity index (χ3v) is 3.15. The van der Waals surface area contributed by atoms with Gasteiger partial charge in [0.1, 0.15) is 11.1 Å². The van der Waals surface area contributed by atoms with Gasteiger partial charge in [0.2, 0.25) is 0 Å². The van der Waals surface area contributed by atoms with Crippen molar-refractivity contribution < 1.29 is 22.7 Å². The van der Waals surface area contributed by atoms with Gasteiger partial charge in [0.05, 0.1) is 6.42 Å². The van der Waals surface area contributed by atoms with Gasteiger partial charge in [-0.3, -0.25) is 4.79 Å².